The predicted molar refractivity (Wildman–Crippen MR) is 272 cm³/mol. The molecule has 0 radical (unpaired) electrons. The molecule has 12 rings (SSSR count). The minimum Gasteiger partial charge on any atom is -0.412 e. The number of fused-ring (bicyclic) bond motifs is 12. The third-order valence-corrected chi connectivity index (χ3v) is 26.7. The second kappa shape index (κ2) is 16.7. The fourth-order valence-electron chi connectivity index (χ4n) is 18.5. The zero-order valence-corrected chi connectivity index (χ0v) is 45.2. The normalized spacial score (nSPS) is 48.8. The van der Waals surface area contributed by atoms with Crippen molar-refractivity contribution in [1.82, 2.24) is 0 Å². The Bertz CT molecular complexity index is 1630. The van der Waals surface area contributed by atoms with Gasteiger partial charge < -0.3 is 20.8 Å². The first-order valence-electron chi connectivity index (χ1n) is 27.1. The number of allylic oxidation sites excluding steroid dienone is 1. The molecule has 15 atom stereocenters. The Morgan fingerprint density at radius 2 is 1.00 bits per heavy atom. The lowest BCUT2D eigenvalue weighted by Crippen LogP contribution is -2.44. The lowest BCUT2D eigenvalue weighted by Gasteiger charge is -2.44. The van der Waals surface area contributed by atoms with Crippen LogP contribution in [0.25, 0.3) is 0 Å². The first-order chi connectivity index (χ1) is 28.4. The molecule has 4 heteroatoms. The van der Waals surface area contributed by atoms with Gasteiger partial charge in [-0.1, -0.05) is 102 Å². The number of rotatable bonds is 2. The summed E-state index contributed by atoms with van der Waals surface area (Å²) < 4.78 is 6.92. The van der Waals surface area contributed by atoms with Gasteiger partial charge in [-0.25, -0.2) is 0 Å². The van der Waals surface area contributed by atoms with Crippen LogP contribution in [0.15, 0.2) is 12.2 Å². The van der Waals surface area contributed by atoms with Gasteiger partial charge in [0.1, 0.15) is 16.7 Å². The van der Waals surface area contributed by atoms with E-state index in [0.29, 0.717) is 60.9 Å². The Morgan fingerprint density at radius 3 is 1.20 bits per heavy atom. The number of hydrogen-bond acceptors (Lipinski definition) is 2. The van der Waals surface area contributed by atoms with E-state index in [2.05, 4.69) is 131 Å². The summed E-state index contributed by atoms with van der Waals surface area (Å²) in [6.07, 6.45) is 28.5. The van der Waals surface area contributed by atoms with Gasteiger partial charge in [-0.3, -0.25) is 0 Å². The molecule has 12 aliphatic carbocycles. The minimum atomic E-state index is -0.0313. The zero-order chi connectivity index (χ0) is 45.6. The van der Waals surface area contributed by atoms with E-state index in [1.54, 1.807) is 5.92 Å². The Morgan fingerprint density at radius 1 is 0.531 bits per heavy atom. The lowest BCUT2D eigenvalue weighted by atomic mass is 9.68. The molecule has 12 aliphatic rings. The first-order valence-corrected chi connectivity index (χ1v) is 27.1. The molecule has 0 saturated heterocycles. The lowest BCUT2D eigenvalue weighted by molar-refractivity contribution is -0.132. The zero-order valence-electron chi connectivity index (χ0n) is 46.2. The minimum absolute atomic E-state index is 0. The highest BCUT2D eigenvalue weighted by Gasteiger charge is 2.67. The maximum Gasteiger partial charge on any atom is 1.00 e. The Labute approximate surface area is 398 Å². The summed E-state index contributed by atoms with van der Waals surface area (Å²) in [5.41, 5.74) is 6.17. The van der Waals surface area contributed by atoms with Gasteiger partial charge in [0.25, 0.3) is 0 Å². The molecule has 15 unspecified atom stereocenters. The molecule has 5 N–H and O–H groups in total. The third kappa shape index (κ3) is 7.43. The van der Waals surface area contributed by atoms with Crippen molar-refractivity contribution >= 4 is 0 Å². The van der Waals surface area contributed by atoms with E-state index in [4.69, 9.17) is 4.74 Å². The maximum atomic E-state index is 9.81. The molecule has 0 amide bonds. The van der Waals surface area contributed by atoms with Crippen molar-refractivity contribution in [2.45, 2.75) is 252 Å². The second-order valence-corrected chi connectivity index (χ2v) is 29.3. The molecule has 368 valence electrons. The number of aliphatic hydroxyl groups is 1. The van der Waals surface area contributed by atoms with E-state index in [1.165, 1.54) is 115 Å². The molecule has 0 aromatic rings. The summed E-state index contributed by atoms with van der Waals surface area (Å²) in [6, 6.07) is 0. The quantitative estimate of drug-likeness (QED) is 0.221. The van der Waals surface area contributed by atoms with Crippen molar-refractivity contribution in [2.24, 2.45) is 101 Å². The number of ether oxygens (including phenoxy) is 1. The molecular weight excluding hydrogens is 785 g/mol. The molecule has 4 nitrogen and oxygen atoms in total. The Kier molecular flexibility index (Phi) is 13.8. The standard InChI is InChI=1S/C20H34O.C10H18O.2C10H17.C10H16.2H2O/c1-17(2)13-7-9-19(17,5)15(11-13)21-16-12-14-8-10-20(16,6)18(14,3)4;1-9(2)7-4-5-10(9,3)8(11)6-7;1-9(2)8-4-6-10(9,3)7-5-8;2*1-7-8-4-5-9(6-8)10(7,2)3;;/h13-16H,7-12H2,1-6H3;7-8,11H,4-6H2,1-3H3;6,8H,4-5,7H2,1-3H3;8-9H,4-6H2,1-3H3;8-9H,1,4-6H2,2-3H3;2*1H2/q;;2*+1;;;/p+1. The Balaban J connectivity index is 0.000000157. The van der Waals surface area contributed by atoms with Gasteiger partial charge in [-0.15, -0.1) is 0 Å². The van der Waals surface area contributed by atoms with E-state index in [1.807, 2.05) is 0 Å². The van der Waals surface area contributed by atoms with Crippen LogP contribution in [0.4, 0.5) is 0 Å². The number of hydrogen-bond donors (Lipinski definition) is 1. The van der Waals surface area contributed by atoms with E-state index in [0.717, 1.165) is 53.8 Å². The molecular formula is C60H107O4+3. The molecule has 12 fully saturated rings. The summed E-state index contributed by atoms with van der Waals surface area (Å²) in [5, 5.41) is 9.81. The molecule has 0 aromatic carbocycles. The first kappa shape index (κ1) is 52.7. The molecule has 12 saturated carbocycles. The fourth-order valence-corrected chi connectivity index (χ4v) is 18.5. The smallest absolute Gasteiger partial charge is 0.412 e. The van der Waals surface area contributed by atoms with Gasteiger partial charge in [0.05, 0.1) is 44.0 Å². The van der Waals surface area contributed by atoms with Gasteiger partial charge in [0.2, 0.25) is 0 Å². The third-order valence-electron chi connectivity index (χ3n) is 26.7. The van der Waals surface area contributed by atoms with Crippen molar-refractivity contribution < 1.29 is 22.2 Å². The van der Waals surface area contributed by atoms with Crippen molar-refractivity contribution in [3.63, 3.8) is 0 Å². The van der Waals surface area contributed by atoms with Crippen LogP contribution < -0.4 is 0 Å². The van der Waals surface area contributed by atoms with E-state index in [9.17, 15) is 5.11 Å². The molecule has 64 heavy (non-hydrogen) atoms. The molecule has 0 spiro atoms. The van der Waals surface area contributed by atoms with Crippen LogP contribution in [0, 0.1) is 114 Å². The van der Waals surface area contributed by atoms with Crippen molar-refractivity contribution in [3.8, 4) is 0 Å². The van der Waals surface area contributed by atoms with Crippen LogP contribution in [-0.4, -0.2) is 34.4 Å². The van der Waals surface area contributed by atoms with Gasteiger partial charge in [0, 0.05) is 17.3 Å². The highest BCUT2D eigenvalue weighted by atomic mass is 16.5. The summed E-state index contributed by atoms with van der Waals surface area (Å²) in [5.74, 6) is 9.23. The second-order valence-electron chi connectivity index (χ2n) is 29.3. The van der Waals surface area contributed by atoms with Gasteiger partial charge in [-0.05, 0) is 197 Å². The van der Waals surface area contributed by atoms with Gasteiger partial charge >= 0.3 is 1.43 Å². The average Bonchev–Trinajstić information content (AvgIpc) is 4.11. The van der Waals surface area contributed by atoms with Crippen LogP contribution in [0.2, 0.25) is 0 Å². The Hall–Kier alpha value is -0.680. The van der Waals surface area contributed by atoms with Gasteiger partial charge in [0.15, 0.2) is 0 Å². The highest BCUT2D eigenvalue weighted by Crippen LogP contribution is 2.71. The monoisotopic (exact) mass is 892 g/mol. The molecule has 0 aromatic heterocycles. The molecule has 0 heterocycles. The van der Waals surface area contributed by atoms with E-state index < -0.39 is 0 Å². The summed E-state index contributed by atoms with van der Waals surface area (Å²) in [4.78, 5) is 0. The summed E-state index contributed by atoms with van der Waals surface area (Å²) in [7, 11) is 0. The summed E-state index contributed by atoms with van der Waals surface area (Å²) in [6.45, 7) is 45.4. The SMILES string of the molecule is C=C1C2CCC(C2)C1(C)C.CC1(C)C2CCC1(C)C(O)C2.CC1(C)C2CCC1(C)C(OC1CC3CCC1(C)C3(C)C)C2.CC12[CH+]CC(CC1)C2(C)C.C[C+]1C2CCC(C2)C1(C)C.O.O.[H+]. The van der Waals surface area contributed by atoms with Crippen LogP contribution in [0.5, 0.6) is 0 Å². The van der Waals surface area contributed by atoms with Crippen LogP contribution in [-0.2, 0) is 4.74 Å². The van der Waals surface area contributed by atoms with Crippen LogP contribution >= 0.6 is 0 Å². The van der Waals surface area contributed by atoms with Crippen molar-refractivity contribution in [2.75, 3.05) is 0 Å². The molecule has 0 aliphatic heterocycles. The molecule has 12 bridgehead atoms. The van der Waals surface area contributed by atoms with E-state index in [-0.39, 0.29) is 23.9 Å². The summed E-state index contributed by atoms with van der Waals surface area (Å²) >= 11 is 0. The largest absolute Gasteiger partial charge is 1.00 e. The fraction of sp³-hybridized carbons (Fsp3) is 0.933. The van der Waals surface area contributed by atoms with Crippen LogP contribution in [0.1, 0.15) is 235 Å². The predicted octanol–water partition coefficient (Wildman–Crippen LogP) is 15.2. The van der Waals surface area contributed by atoms with E-state index >= 15 is 0 Å². The highest BCUT2D eigenvalue weighted by molar-refractivity contribution is 5.23. The maximum absolute atomic E-state index is 9.81. The number of aliphatic hydroxyl groups excluding tert-OH is 1. The van der Waals surface area contributed by atoms with Crippen molar-refractivity contribution in [1.29, 1.82) is 0 Å². The topological polar surface area (TPSA) is 92.5 Å². The van der Waals surface area contributed by atoms with Crippen LogP contribution in [0.3, 0.4) is 0 Å². The van der Waals surface area contributed by atoms with Gasteiger partial charge in [-0.2, -0.15) is 0 Å². The average molecular weight is 893 g/mol. The van der Waals surface area contributed by atoms with Crippen molar-refractivity contribution in [3.05, 3.63) is 24.5 Å².